The molecular weight excluding hydrogens is 1100 g/mol. The highest BCUT2D eigenvalue weighted by Gasteiger charge is 2.40. The zero-order valence-corrected chi connectivity index (χ0v) is 47.3. The Morgan fingerprint density at radius 3 is 1.62 bits per heavy atom. The third-order valence-corrected chi connectivity index (χ3v) is 14.9. The lowest BCUT2D eigenvalue weighted by Gasteiger charge is -2.29. The summed E-state index contributed by atoms with van der Waals surface area (Å²) in [6.45, 7) is 1.66. The number of carboxylic acid groups (broad SMARTS) is 1. The van der Waals surface area contributed by atoms with Crippen LogP contribution in [0.1, 0.15) is 56.2 Å². The number of benzene rings is 3. The molecule has 0 aliphatic carbocycles. The Morgan fingerprint density at radius 2 is 1.09 bits per heavy atom. The number of Topliss-reactive ketones (excluding diaryl/α,β-unsaturated/α-hetero) is 1. The Morgan fingerprint density at radius 1 is 0.610 bits per heavy atom. The number of thiol groups is 2. The number of aromatic nitrogens is 2. The van der Waals surface area contributed by atoms with E-state index in [2.05, 4.69) is 77.8 Å². The standard InChI is InChI=1S/C56H71N11O13S2/c1-30(69)44(28-81)65-50(74)40(22-32-12-5-4-6-13-32)63-55(79)48(31(2)70)66-52(76)42(24-34-26-59-38-17-10-8-15-36(34)38)61-53(77)43(27-68)64-49(73)39(19-20-47(71)72)60-51(75)41(23-33-25-58-37-16-9-7-14-35(33)37)62-54(78)46-18-11-21-67(46)56(80)45(29-82)57-3/h4-10,12-17,25-26,31,39-46,48,57-59,68,70,81-82H,11,18-24,27-29H2,1-3H3,(H,60,75)(H,61,77)(H,62,78)(H,63,79)(H,64,73)(H,65,74)(H,66,76)(H,71,72)/t31-,39+,40+,41+,42+,43+,44+,45+,46+,48?/m1/s1. The maximum Gasteiger partial charge on any atom is 0.303 e. The van der Waals surface area contributed by atoms with Crippen molar-refractivity contribution in [2.75, 3.05) is 31.7 Å². The molecule has 3 heterocycles. The molecule has 82 heavy (non-hydrogen) atoms. The number of carboxylic acids is 1. The molecule has 1 aliphatic heterocycles. The molecule has 8 amide bonds. The molecule has 0 spiro atoms. The molecule has 13 N–H and O–H groups in total. The summed E-state index contributed by atoms with van der Waals surface area (Å²) >= 11 is 8.43. The van der Waals surface area contributed by atoms with E-state index < -0.39 is 133 Å². The minimum atomic E-state index is -1.86. The number of aromatic amines is 2. The number of nitrogens with zero attached hydrogens (tertiary/aromatic N) is 1. The third kappa shape index (κ3) is 16.9. The van der Waals surface area contributed by atoms with E-state index in [1.807, 2.05) is 6.07 Å². The molecule has 10 atom stereocenters. The number of likely N-dealkylation sites (N-methyl/N-ethyl adjacent to an activating group) is 1. The quantitative estimate of drug-likeness (QED) is 0.0254. The smallest absolute Gasteiger partial charge is 0.303 e. The largest absolute Gasteiger partial charge is 0.481 e. The lowest BCUT2D eigenvalue weighted by Crippen LogP contribution is -2.62. The van der Waals surface area contributed by atoms with Gasteiger partial charge in [0.15, 0.2) is 5.78 Å². The molecule has 0 saturated carbocycles. The van der Waals surface area contributed by atoms with Gasteiger partial charge in [-0.3, -0.25) is 47.9 Å². The number of ketones is 1. The Balaban J connectivity index is 1.23. The van der Waals surface area contributed by atoms with E-state index in [1.165, 1.54) is 18.7 Å². The normalized spacial score (nSPS) is 16.5. The highest BCUT2D eigenvalue weighted by atomic mass is 32.1. The second kappa shape index (κ2) is 30.3. The lowest BCUT2D eigenvalue weighted by atomic mass is 10.0. The summed E-state index contributed by atoms with van der Waals surface area (Å²) in [5.74, 6) is -8.62. The van der Waals surface area contributed by atoms with Crippen molar-refractivity contribution in [2.45, 2.75) is 119 Å². The van der Waals surface area contributed by atoms with Crippen molar-refractivity contribution in [1.82, 2.24) is 57.4 Å². The van der Waals surface area contributed by atoms with Gasteiger partial charge in [0.1, 0.15) is 42.3 Å². The monoisotopic (exact) mass is 1170 g/mol. The average molecular weight is 1170 g/mol. The van der Waals surface area contributed by atoms with Crippen molar-refractivity contribution in [2.24, 2.45) is 0 Å². The average Bonchev–Trinajstić information content (AvgIpc) is 4.44. The van der Waals surface area contributed by atoms with Crippen molar-refractivity contribution in [3.05, 3.63) is 108 Å². The lowest BCUT2D eigenvalue weighted by molar-refractivity contribution is -0.141. The van der Waals surface area contributed by atoms with Gasteiger partial charge in [-0.2, -0.15) is 25.3 Å². The Hall–Kier alpha value is -7.78. The summed E-state index contributed by atoms with van der Waals surface area (Å²) < 4.78 is 0. The van der Waals surface area contributed by atoms with E-state index in [9.17, 15) is 63.3 Å². The van der Waals surface area contributed by atoms with E-state index >= 15 is 0 Å². The topological polar surface area (TPSA) is 362 Å². The molecule has 0 radical (unpaired) electrons. The summed E-state index contributed by atoms with van der Waals surface area (Å²) in [5.41, 5.74) is 3.11. The Bertz CT molecular complexity index is 3080. The zero-order chi connectivity index (χ0) is 59.6. The molecule has 1 fully saturated rings. The Labute approximate surface area is 483 Å². The molecule has 1 unspecified atom stereocenters. The fourth-order valence-electron chi connectivity index (χ4n) is 9.60. The number of hydrogen-bond acceptors (Lipinski definition) is 15. The van der Waals surface area contributed by atoms with Crippen LogP contribution in [0.5, 0.6) is 0 Å². The molecule has 1 aliphatic rings. The number of hydrogen-bond donors (Lipinski definition) is 15. The van der Waals surface area contributed by atoms with Crippen molar-refractivity contribution in [3.8, 4) is 0 Å². The van der Waals surface area contributed by atoms with Gasteiger partial charge >= 0.3 is 5.97 Å². The number of likely N-dealkylation sites (tertiary alicyclic amines) is 1. The van der Waals surface area contributed by atoms with Crippen LogP contribution in [0.4, 0.5) is 0 Å². The maximum atomic E-state index is 14.5. The number of aliphatic carboxylic acids is 1. The summed E-state index contributed by atoms with van der Waals surface area (Å²) in [7, 11) is 1.59. The van der Waals surface area contributed by atoms with Crippen molar-refractivity contribution < 1.29 is 63.3 Å². The number of carbonyl (C=O) groups excluding carboxylic acids is 9. The fourth-order valence-corrected chi connectivity index (χ4v) is 10.3. The molecule has 440 valence electrons. The van der Waals surface area contributed by atoms with Crippen LogP contribution in [0.25, 0.3) is 21.8 Å². The summed E-state index contributed by atoms with van der Waals surface area (Å²) in [4.78, 5) is 145. The van der Waals surface area contributed by atoms with Gasteiger partial charge in [-0.25, -0.2) is 0 Å². The molecule has 26 heteroatoms. The maximum absolute atomic E-state index is 14.5. The number of para-hydroxylation sites is 2. The molecule has 0 bridgehead atoms. The van der Waals surface area contributed by atoms with Crippen LogP contribution in [-0.2, 0) is 67.2 Å². The number of aliphatic hydroxyl groups excluding tert-OH is 2. The van der Waals surface area contributed by atoms with Crippen LogP contribution in [0.15, 0.2) is 91.3 Å². The summed E-state index contributed by atoms with van der Waals surface area (Å²) in [6, 6.07) is 10.5. The molecule has 24 nitrogen and oxygen atoms in total. The number of aliphatic hydroxyl groups is 2. The number of amides is 8. The van der Waals surface area contributed by atoms with E-state index in [0.29, 0.717) is 34.0 Å². The van der Waals surface area contributed by atoms with Gasteiger partial charge in [-0.05, 0) is 69.0 Å². The van der Waals surface area contributed by atoms with Crippen molar-refractivity contribution in [1.29, 1.82) is 0 Å². The van der Waals surface area contributed by atoms with Gasteiger partial charge in [0.2, 0.25) is 47.3 Å². The van der Waals surface area contributed by atoms with Crippen molar-refractivity contribution in [3.63, 3.8) is 0 Å². The second-order valence-corrected chi connectivity index (χ2v) is 20.8. The summed E-state index contributed by atoms with van der Waals surface area (Å²) in [6.07, 6.45) is 0.751. The van der Waals surface area contributed by atoms with Crippen LogP contribution in [-0.4, -0.2) is 181 Å². The first-order valence-corrected chi connectivity index (χ1v) is 28.0. The summed E-state index contributed by atoms with van der Waals surface area (Å²) in [5, 5.41) is 53.5. The van der Waals surface area contributed by atoms with Gasteiger partial charge in [-0.15, -0.1) is 0 Å². The minimum absolute atomic E-state index is 0.0406. The third-order valence-electron chi connectivity index (χ3n) is 14.2. The van der Waals surface area contributed by atoms with Crippen LogP contribution in [0.2, 0.25) is 0 Å². The predicted molar refractivity (Wildman–Crippen MR) is 309 cm³/mol. The van der Waals surface area contributed by atoms with E-state index in [-0.39, 0.29) is 49.6 Å². The van der Waals surface area contributed by atoms with Gasteiger partial charge in [-0.1, -0.05) is 66.7 Å². The number of H-pyrrole nitrogens is 2. The van der Waals surface area contributed by atoms with Crippen LogP contribution >= 0.6 is 25.3 Å². The van der Waals surface area contributed by atoms with E-state index in [4.69, 9.17) is 0 Å². The SMILES string of the molecule is CN[C@@H](CS)C(=O)N1CCC[C@H]1C(=O)N[C@@H](Cc1c[nH]c2ccccc12)C(=O)N[C@@H](CCC(=O)O)C(=O)N[C@@H](CO)C(=O)N[C@@H](Cc1c[nH]c2ccccc12)C(=O)NC(C(=O)N[C@@H](Cc1ccccc1)C(=O)N[C@@H](CS)C(C)=O)[C@@H](C)O. The molecule has 5 aromatic rings. The fraction of sp³-hybridized carbons (Fsp3) is 0.429. The highest BCUT2D eigenvalue weighted by Crippen LogP contribution is 2.23. The first-order valence-electron chi connectivity index (χ1n) is 26.7. The van der Waals surface area contributed by atoms with Gasteiger partial charge in [0, 0.05) is 77.9 Å². The van der Waals surface area contributed by atoms with Gasteiger partial charge < -0.3 is 72.7 Å². The predicted octanol–water partition coefficient (Wildman–Crippen LogP) is -0.664. The van der Waals surface area contributed by atoms with E-state index in [1.54, 1.807) is 92.2 Å². The van der Waals surface area contributed by atoms with Crippen LogP contribution < -0.4 is 42.5 Å². The number of nitrogens with one attached hydrogen (secondary N) is 10. The van der Waals surface area contributed by atoms with Gasteiger partial charge in [0.05, 0.1) is 24.8 Å². The number of rotatable bonds is 30. The molecular formula is C56H71N11O13S2. The Kier molecular flexibility index (Phi) is 23.4. The van der Waals surface area contributed by atoms with Gasteiger partial charge in [0.25, 0.3) is 0 Å². The molecule has 6 rings (SSSR count). The molecule has 3 aromatic carbocycles. The zero-order valence-electron chi connectivity index (χ0n) is 45.5. The first-order chi connectivity index (χ1) is 39.3. The highest BCUT2D eigenvalue weighted by molar-refractivity contribution is 7.80. The van der Waals surface area contributed by atoms with Crippen molar-refractivity contribution >= 4 is 106 Å². The first kappa shape index (κ1) is 63.4. The van der Waals surface area contributed by atoms with Crippen LogP contribution in [0.3, 0.4) is 0 Å². The second-order valence-electron chi connectivity index (χ2n) is 20.0. The van der Waals surface area contributed by atoms with Crippen LogP contribution in [0, 0.1) is 0 Å². The number of carbonyl (C=O) groups is 10. The number of fused-ring (bicyclic) bond motifs is 2. The molecule has 2 aromatic heterocycles. The van der Waals surface area contributed by atoms with E-state index in [0.717, 1.165) is 10.9 Å². The molecule has 1 saturated heterocycles. The minimum Gasteiger partial charge on any atom is -0.481 e.